The first-order valence-electron chi connectivity index (χ1n) is 4.14. The first kappa shape index (κ1) is 7.40. The van der Waals surface area contributed by atoms with Crippen LogP contribution in [0.15, 0.2) is 23.9 Å². The molecule has 1 aliphatic carbocycles. The van der Waals surface area contributed by atoms with E-state index in [0.29, 0.717) is 18.6 Å². The minimum atomic E-state index is -0.251. The van der Waals surface area contributed by atoms with Gasteiger partial charge in [0.1, 0.15) is 0 Å². The van der Waals surface area contributed by atoms with Crippen molar-refractivity contribution in [3.05, 3.63) is 23.9 Å². The normalized spacial score (nSPS) is 32.9. The molecule has 0 aromatic heterocycles. The number of esters is 1. The van der Waals surface area contributed by atoms with E-state index in [-0.39, 0.29) is 5.97 Å². The smallest absolute Gasteiger partial charge is 0.332 e. The maximum absolute atomic E-state index is 11.0. The van der Waals surface area contributed by atoms with Crippen molar-refractivity contribution >= 4 is 5.97 Å². The number of rotatable bonds is 2. The molecule has 0 amide bonds. The van der Waals surface area contributed by atoms with Crippen molar-refractivity contribution in [2.75, 3.05) is 6.61 Å². The van der Waals surface area contributed by atoms with Crippen LogP contribution in [-0.2, 0) is 9.53 Å². The fourth-order valence-corrected chi connectivity index (χ4v) is 1.41. The molecular formula is C9H11NO2. The molecule has 0 spiro atoms. The van der Waals surface area contributed by atoms with Crippen LogP contribution in [0.2, 0.25) is 0 Å². The van der Waals surface area contributed by atoms with Crippen molar-refractivity contribution in [2.45, 2.75) is 13.0 Å². The zero-order valence-corrected chi connectivity index (χ0v) is 6.91. The molecule has 2 unspecified atom stereocenters. The minimum absolute atomic E-state index is 0.251. The second-order valence-electron chi connectivity index (χ2n) is 2.93. The van der Waals surface area contributed by atoms with E-state index in [0.717, 1.165) is 5.70 Å². The Balaban J connectivity index is 1.92. The van der Waals surface area contributed by atoms with E-state index in [1.54, 1.807) is 6.92 Å². The Kier molecular flexibility index (Phi) is 1.64. The van der Waals surface area contributed by atoms with Crippen LogP contribution in [0.3, 0.4) is 0 Å². The lowest BCUT2D eigenvalue weighted by molar-refractivity contribution is -0.137. The second-order valence-corrected chi connectivity index (χ2v) is 2.93. The third-order valence-electron chi connectivity index (χ3n) is 2.17. The van der Waals surface area contributed by atoms with Gasteiger partial charge in [0, 0.05) is 17.7 Å². The summed E-state index contributed by atoms with van der Waals surface area (Å²) < 4.78 is 4.78. The molecule has 64 valence electrons. The monoisotopic (exact) mass is 165 g/mol. The highest BCUT2D eigenvalue weighted by atomic mass is 16.5. The molecule has 2 atom stereocenters. The number of ether oxygens (including phenoxy) is 1. The average molecular weight is 165 g/mol. The lowest BCUT2D eigenvalue weighted by Gasteiger charge is -2.44. The number of carbonyl (C=O) groups excluding carboxylic acids is 1. The molecule has 1 N–H and O–H groups in total. The van der Waals surface area contributed by atoms with Crippen LogP contribution >= 0.6 is 0 Å². The largest absolute Gasteiger partial charge is 0.463 e. The van der Waals surface area contributed by atoms with Gasteiger partial charge in [-0.05, 0) is 6.92 Å². The molecule has 12 heavy (non-hydrogen) atoms. The lowest BCUT2D eigenvalue weighted by atomic mass is 9.78. The van der Waals surface area contributed by atoms with E-state index in [4.69, 9.17) is 4.74 Å². The molecular weight excluding hydrogens is 154 g/mol. The van der Waals surface area contributed by atoms with Gasteiger partial charge >= 0.3 is 5.97 Å². The summed E-state index contributed by atoms with van der Waals surface area (Å²) in [5.41, 5.74) is 0.987. The second kappa shape index (κ2) is 2.66. The third kappa shape index (κ3) is 1.02. The Morgan fingerprint density at radius 1 is 1.75 bits per heavy atom. The van der Waals surface area contributed by atoms with E-state index in [1.165, 1.54) is 6.08 Å². The molecule has 0 saturated carbocycles. The van der Waals surface area contributed by atoms with Gasteiger partial charge in [-0.15, -0.1) is 0 Å². The first-order valence-corrected chi connectivity index (χ1v) is 4.14. The zero-order chi connectivity index (χ0) is 8.55. The van der Waals surface area contributed by atoms with Gasteiger partial charge in [-0.2, -0.15) is 0 Å². The van der Waals surface area contributed by atoms with Crippen LogP contribution < -0.4 is 5.32 Å². The van der Waals surface area contributed by atoms with E-state index < -0.39 is 0 Å². The van der Waals surface area contributed by atoms with E-state index in [9.17, 15) is 4.79 Å². The first-order chi connectivity index (χ1) is 5.81. The van der Waals surface area contributed by atoms with Gasteiger partial charge in [-0.25, -0.2) is 4.79 Å². The molecule has 0 aromatic rings. The summed E-state index contributed by atoms with van der Waals surface area (Å²) in [7, 11) is 0. The Labute approximate surface area is 71.1 Å². The predicted octanol–water partition coefficient (Wildman–Crippen LogP) is 0.591. The van der Waals surface area contributed by atoms with Gasteiger partial charge in [0.15, 0.2) is 0 Å². The summed E-state index contributed by atoms with van der Waals surface area (Å²) in [4.78, 5) is 11.0. The summed E-state index contributed by atoms with van der Waals surface area (Å²) in [5.74, 6) is 0.202. The van der Waals surface area contributed by atoms with Crippen LogP contribution in [0.25, 0.3) is 0 Å². The van der Waals surface area contributed by atoms with Crippen LogP contribution in [0.5, 0.6) is 0 Å². The number of hydrogen-bond donors (Lipinski definition) is 1. The third-order valence-corrected chi connectivity index (χ3v) is 2.17. The molecule has 0 radical (unpaired) electrons. The van der Waals surface area contributed by atoms with E-state index in [2.05, 4.69) is 17.5 Å². The summed E-state index contributed by atoms with van der Waals surface area (Å²) in [6, 6.07) is 0.477. The topological polar surface area (TPSA) is 38.3 Å². The summed E-state index contributed by atoms with van der Waals surface area (Å²) in [6.45, 7) is 2.24. The van der Waals surface area contributed by atoms with Gasteiger partial charge in [-0.3, -0.25) is 0 Å². The van der Waals surface area contributed by atoms with Gasteiger partial charge in [0.25, 0.3) is 0 Å². The summed E-state index contributed by atoms with van der Waals surface area (Å²) in [6.07, 6.45) is 5.72. The van der Waals surface area contributed by atoms with Crippen LogP contribution in [0.1, 0.15) is 6.92 Å². The number of hydrogen-bond acceptors (Lipinski definition) is 3. The molecule has 2 aliphatic rings. The van der Waals surface area contributed by atoms with Gasteiger partial charge in [0.05, 0.1) is 12.6 Å². The fourth-order valence-electron chi connectivity index (χ4n) is 1.41. The van der Waals surface area contributed by atoms with Crippen molar-refractivity contribution in [1.29, 1.82) is 0 Å². The fraction of sp³-hybridized carbons (Fsp3) is 0.444. The summed E-state index contributed by atoms with van der Waals surface area (Å²) >= 11 is 0. The molecule has 3 heteroatoms. The van der Waals surface area contributed by atoms with E-state index >= 15 is 0 Å². The molecule has 1 heterocycles. The van der Waals surface area contributed by atoms with Gasteiger partial charge in [-0.1, -0.05) is 12.2 Å². The molecule has 2 rings (SSSR count). The quantitative estimate of drug-likeness (QED) is 0.370. The Morgan fingerprint density at radius 3 is 3.00 bits per heavy atom. The highest BCUT2D eigenvalue weighted by molar-refractivity contribution is 5.83. The highest BCUT2D eigenvalue weighted by Gasteiger charge is 2.37. The van der Waals surface area contributed by atoms with Crippen molar-refractivity contribution in [3.8, 4) is 0 Å². The van der Waals surface area contributed by atoms with Crippen molar-refractivity contribution in [1.82, 2.24) is 5.32 Å². The SMILES string of the molecule is CCOC(=O)C=C1NC2C=CC12. The van der Waals surface area contributed by atoms with Gasteiger partial charge < -0.3 is 10.1 Å². The molecule has 0 bridgehead atoms. The van der Waals surface area contributed by atoms with Gasteiger partial charge in [0.2, 0.25) is 0 Å². The number of fused-ring (bicyclic) bond motifs is 1. The molecule has 1 aliphatic heterocycles. The molecule has 0 aromatic carbocycles. The van der Waals surface area contributed by atoms with Crippen molar-refractivity contribution in [3.63, 3.8) is 0 Å². The van der Waals surface area contributed by atoms with Crippen LogP contribution in [-0.4, -0.2) is 18.6 Å². The lowest BCUT2D eigenvalue weighted by Crippen LogP contribution is -2.53. The number of nitrogens with one attached hydrogen (secondary N) is 1. The molecule has 1 fully saturated rings. The predicted molar refractivity (Wildman–Crippen MR) is 44.3 cm³/mol. The Morgan fingerprint density at radius 2 is 2.58 bits per heavy atom. The molecule has 1 saturated heterocycles. The van der Waals surface area contributed by atoms with Crippen LogP contribution in [0.4, 0.5) is 0 Å². The maximum Gasteiger partial charge on any atom is 0.332 e. The Hall–Kier alpha value is -1.25. The highest BCUT2D eigenvalue weighted by Crippen LogP contribution is 2.34. The Bertz CT molecular complexity index is 268. The minimum Gasteiger partial charge on any atom is -0.463 e. The van der Waals surface area contributed by atoms with Crippen molar-refractivity contribution < 1.29 is 9.53 Å². The maximum atomic E-state index is 11.0. The average Bonchev–Trinajstić information content (AvgIpc) is 1.99. The van der Waals surface area contributed by atoms with Crippen molar-refractivity contribution in [2.24, 2.45) is 5.92 Å². The van der Waals surface area contributed by atoms with E-state index in [1.807, 2.05) is 0 Å². The van der Waals surface area contributed by atoms with Crippen LogP contribution in [0, 0.1) is 5.92 Å². The standard InChI is InChI=1S/C9H11NO2/c1-2-12-9(11)5-8-6-3-4-7(6)10-8/h3-7,10H,2H2,1H3. The zero-order valence-electron chi connectivity index (χ0n) is 6.91. The summed E-state index contributed by atoms with van der Waals surface area (Å²) in [5, 5.41) is 3.14. The number of carbonyl (C=O) groups is 1. The molecule has 3 nitrogen and oxygen atoms in total.